The fourth-order valence-corrected chi connectivity index (χ4v) is 2.95. The number of hydrogen-bond acceptors (Lipinski definition) is 6. The van der Waals surface area contributed by atoms with Crippen LogP contribution in [0.4, 0.5) is 11.5 Å². The molecule has 0 fully saturated rings. The molecule has 28 heavy (non-hydrogen) atoms. The maximum Gasteiger partial charge on any atom is 0.158 e. The SMILES string of the molecule is C=Cc1ncnc(Nc2ccc(Oc3ccn4ncnc4c3)c(C)c2C)c1C. The highest BCUT2D eigenvalue weighted by Crippen LogP contribution is 2.33. The van der Waals surface area contributed by atoms with E-state index in [2.05, 4.69) is 38.9 Å². The maximum atomic E-state index is 6.09. The minimum Gasteiger partial charge on any atom is -0.457 e. The maximum absolute atomic E-state index is 6.09. The molecule has 4 aromatic rings. The normalized spacial score (nSPS) is 10.8. The van der Waals surface area contributed by atoms with Gasteiger partial charge in [0.2, 0.25) is 0 Å². The van der Waals surface area contributed by atoms with Crippen molar-refractivity contribution in [1.29, 1.82) is 0 Å². The Morgan fingerprint density at radius 1 is 1.00 bits per heavy atom. The molecule has 1 N–H and O–H groups in total. The fourth-order valence-electron chi connectivity index (χ4n) is 2.95. The molecular weight excluding hydrogens is 352 g/mol. The van der Waals surface area contributed by atoms with Gasteiger partial charge in [0, 0.05) is 23.5 Å². The molecule has 0 radical (unpaired) electrons. The summed E-state index contributed by atoms with van der Waals surface area (Å²) in [7, 11) is 0. The number of nitrogens with zero attached hydrogens (tertiary/aromatic N) is 5. The predicted molar refractivity (Wildman–Crippen MR) is 109 cm³/mol. The van der Waals surface area contributed by atoms with E-state index < -0.39 is 0 Å². The quantitative estimate of drug-likeness (QED) is 0.551. The van der Waals surface area contributed by atoms with Crippen molar-refractivity contribution >= 4 is 23.2 Å². The van der Waals surface area contributed by atoms with Crippen LogP contribution in [-0.2, 0) is 0 Å². The molecule has 0 aliphatic rings. The van der Waals surface area contributed by atoms with Gasteiger partial charge in [0.1, 0.15) is 30.0 Å². The molecule has 0 bridgehead atoms. The molecule has 0 aliphatic heterocycles. The summed E-state index contributed by atoms with van der Waals surface area (Å²) in [5.74, 6) is 2.27. The molecule has 0 spiro atoms. The van der Waals surface area contributed by atoms with Gasteiger partial charge in [-0.15, -0.1) is 0 Å². The molecule has 0 saturated heterocycles. The van der Waals surface area contributed by atoms with Crippen LogP contribution >= 0.6 is 0 Å². The second-order valence-corrected chi connectivity index (χ2v) is 6.45. The number of hydrogen-bond donors (Lipinski definition) is 1. The summed E-state index contributed by atoms with van der Waals surface area (Å²) in [5.41, 5.74) is 5.60. The monoisotopic (exact) mass is 372 g/mol. The standard InChI is InChI=1S/C21H20N6O/c1-5-17-15(4)21(24-11-22-17)26-18-6-7-19(14(3)13(18)2)28-16-8-9-27-20(10-16)23-12-25-27/h5-12H,1H2,2-4H3,(H,22,24,26). The van der Waals surface area contributed by atoms with Crippen LogP contribution in [0.3, 0.4) is 0 Å². The second-order valence-electron chi connectivity index (χ2n) is 6.45. The molecule has 0 aliphatic carbocycles. The Balaban J connectivity index is 1.62. The Bertz CT molecular complexity index is 1180. The van der Waals surface area contributed by atoms with Crippen LogP contribution < -0.4 is 10.1 Å². The first kappa shape index (κ1) is 17.7. The van der Waals surface area contributed by atoms with E-state index in [1.54, 1.807) is 10.6 Å². The van der Waals surface area contributed by atoms with E-state index in [-0.39, 0.29) is 0 Å². The average molecular weight is 372 g/mol. The predicted octanol–water partition coefficient (Wildman–Crippen LogP) is 4.62. The minimum atomic E-state index is 0.714. The Hall–Kier alpha value is -3.74. The van der Waals surface area contributed by atoms with Crippen LogP contribution in [0.25, 0.3) is 11.7 Å². The molecule has 3 aromatic heterocycles. The highest BCUT2D eigenvalue weighted by Gasteiger charge is 2.11. The number of benzene rings is 1. The van der Waals surface area contributed by atoms with Gasteiger partial charge in [-0.25, -0.2) is 19.5 Å². The number of ether oxygens (including phenoxy) is 1. The number of nitrogens with one attached hydrogen (secondary N) is 1. The van der Waals surface area contributed by atoms with Gasteiger partial charge >= 0.3 is 0 Å². The van der Waals surface area contributed by atoms with Gasteiger partial charge < -0.3 is 10.1 Å². The number of pyridine rings is 1. The molecule has 140 valence electrons. The summed E-state index contributed by atoms with van der Waals surface area (Å²) >= 11 is 0. The highest BCUT2D eigenvalue weighted by atomic mass is 16.5. The summed E-state index contributed by atoms with van der Waals surface area (Å²) in [4.78, 5) is 12.8. The Morgan fingerprint density at radius 2 is 1.86 bits per heavy atom. The van der Waals surface area contributed by atoms with Crippen LogP contribution in [0.2, 0.25) is 0 Å². The Labute approximate surface area is 162 Å². The van der Waals surface area contributed by atoms with E-state index in [0.29, 0.717) is 5.75 Å². The van der Waals surface area contributed by atoms with Crippen LogP contribution in [-0.4, -0.2) is 24.6 Å². The van der Waals surface area contributed by atoms with Crippen molar-refractivity contribution in [2.45, 2.75) is 20.8 Å². The van der Waals surface area contributed by atoms with Crippen molar-refractivity contribution in [3.05, 3.63) is 72.1 Å². The molecule has 0 saturated carbocycles. The zero-order chi connectivity index (χ0) is 19.7. The number of aromatic nitrogens is 5. The van der Waals surface area contributed by atoms with Crippen molar-refractivity contribution < 1.29 is 4.74 Å². The summed E-state index contributed by atoms with van der Waals surface area (Å²) < 4.78 is 7.78. The van der Waals surface area contributed by atoms with Gasteiger partial charge in [0.25, 0.3) is 0 Å². The van der Waals surface area contributed by atoms with Crippen LogP contribution in [0, 0.1) is 20.8 Å². The number of rotatable bonds is 5. The number of anilines is 2. The smallest absolute Gasteiger partial charge is 0.158 e. The van der Waals surface area contributed by atoms with Gasteiger partial charge in [0.05, 0.1) is 5.69 Å². The average Bonchev–Trinajstić information content (AvgIpc) is 3.17. The molecule has 3 heterocycles. The van der Waals surface area contributed by atoms with Gasteiger partial charge in [-0.3, -0.25) is 0 Å². The lowest BCUT2D eigenvalue weighted by atomic mass is 10.1. The molecule has 1 aromatic carbocycles. The molecule has 7 heteroatoms. The van der Waals surface area contributed by atoms with E-state index in [9.17, 15) is 0 Å². The van der Waals surface area contributed by atoms with Gasteiger partial charge in [-0.1, -0.05) is 6.58 Å². The molecule has 7 nitrogen and oxygen atoms in total. The van der Waals surface area contributed by atoms with E-state index in [1.165, 1.54) is 12.7 Å². The lowest BCUT2D eigenvalue weighted by molar-refractivity contribution is 0.478. The van der Waals surface area contributed by atoms with E-state index in [4.69, 9.17) is 4.74 Å². The van der Waals surface area contributed by atoms with Crippen molar-refractivity contribution in [2.75, 3.05) is 5.32 Å². The third-order valence-electron chi connectivity index (χ3n) is 4.79. The van der Waals surface area contributed by atoms with E-state index in [0.717, 1.165) is 45.3 Å². The van der Waals surface area contributed by atoms with Gasteiger partial charge in [-0.05, 0) is 56.2 Å². The minimum absolute atomic E-state index is 0.714. The van der Waals surface area contributed by atoms with E-state index >= 15 is 0 Å². The Kier molecular flexibility index (Phi) is 4.49. The molecule has 0 unspecified atom stereocenters. The van der Waals surface area contributed by atoms with Crippen LogP contribution in [0.5, 0.6) is 11.5 Å². The molecule has 0 atom stereocenters. The zero-order valence-corrected chi connectivity index (χ0v) is 16.0. The molecule has 4 rings (SSSR count). The van der Waals surface area contributed by atoms with Crippen LogP contribution in [0.15, 0.2) is 49.7 Å². The number of fused-ring (bicyclic) bond motifs is 1. The lowest BCUT2D eigenvalue weighted by Gasteiger charge is -2.16. The van der Waals surface area contributed by atoms with Gasteiger partial charge in [0.15, 0.2) is 5.65 Å². The largest absolute Gasteiger partial charge is 0.457 e. The summed E-state index contributed by atoms with van der Waals surface area (Å²) in [6.45, 7) is 9.85. The summed E-state index contributed by atoms with van der Waals surface area (Å²) in [6.07, 6.45) is 6.60. The zero-order valence-electron chi connectivity index (χ0n) is 16.0. The Morgan fingerprint density at radius 3 is 2.68 bits per heavy atom. The first-order valence-electron chi connectivity index (χ1n) is 8.85. The second kappa shape index (κ2) is 7.11. The van der Waals surface area contributed by atoms with Crippen molar-refractivity contribution in [1.82, 2.24) is 24.6 Å². The first-order chi connectivity index (χ1) is 13.6. The lowest BCUT2D eigenvalue weighted by Crippen LogP contribution is -2.02. The highest BCUT2D eigenvalue weighted by molar-refractivity contribution is 5.68. The molecular formula is C21H20N6O. The topological polar surface area (TPSA) is 77.2 Å². The van der Waals surface area contributed by atoms with E-state index in [1.807, 2.05) is 44.3 Å². The van der Waals surface area contributed by atoms with Crippen LogP contribution in [0.1, 0.15) is 22.4 Å². The van der Waals surface area contributed by atoms with Crippen molar-refractivity contribution in [3.8, 4) is 11.5 Å². The fraction of sp³-hybridized carbons (Fsp3) is 0.143. The van der Waals surface area contributed by atoms with Crippen molar-refractivity contribution in [3.63, 3.8) is 0 Å². The third-order valence-corrected chi connectivity index (χ3v) is 4.79. The summed E-state index contributed by atoms with van der Waals surface area (Å²) in [5, 5.41) is 7.49. The first-order valence-corrected chi connectivity index (χ1v) is 8.85. The van der Waals surface area contributed by atoms with Crippen molar-refractivity contribution in [2.24, 2.45) is 0 Å². The summed E-state index contributed by atoms with van der Waals surface area (Å²) in [6, 6.07) is 7.66. The molecule has 0 amide bonds. The third kappa shape index (κ3) is 3.18. The van der Waals surface area contributed by atoms with Gasteiger partial charge in [-0.2, -0.15) is 5.10 Å².